The highest BCUT2D eigenvalue weighted by molar-refractivity contribution is 5.90. The van der Waals surface area contributed by atoms with Gasteiger partial charge in [0.25, 0.3) is 0 Å². The highest BCUT2D eigenvalue weighted by Gasteiger charge is 2.41. The van der Waals surface area contributed by atoms with Crippen LogP contribution in [0, 0.1) is 5.92 Å². The lowest BCUT2D eigenvalue weighted by Crippen LogP contribution is -2.32. The van der Waals surface area contributed by atoms with Crippen LogP contribution in [0.1, 0.15) is 32.1 Å². The Labute approximate surface area is 85.1 Å². The van der Waals surface area contributed by atoms with Crippen LogP contribution in [0.15, 0.2) is 5.10 Å². The first kappa shape index (κ1) is 8.72. The summed E-state index contributed by atoms with van der Waals surface area (Å²) >= 11 is 0. The predicted octanol–water partition coefficient (Wildman–Crippen LogP) is 1.64. The molecule has 14 heavy (non-hydrogen) atoms. The van der Waals surface area contributed by atoms with Crippen LogP contribution >= 0.6 is 0 Å². The summed E-state index contributed by atoms with van der Waals surface area (Å²) in [5, 5.41) is 7.11. The fourth-order valence-corrected chi connectivity index (χ4v) is 2.32. The van der Waals surface area contributed by atoms with Crippen LogP contribution in [0.5, 0.6) is 0 Å². The van der Waals surface area contributed by atoms with Gasteiger partial charge in [-0.15, -0.1) is 0 Å². The van der Waals surface area contributed by atoms with E-state index in [0.717, 1.165) is 25.0 Å². The van der Waals surface area contributed by atoms with E-state index in [1.54, 1.807) is 7.11 Å². The van der Waals surface area contributed by atoms with Crippen molar-refractivity contribution in [1.82, 2.24) is 5.01 Å². The van der Waals surface area contributed by atoms with Gasteiger partial charge in [-0.2, -0.15) is 5.10 Å². The maximum Gasteiger partial charge on any atom is 0.0760 e. The number of hydrazone groups is 1. The predicted molar refractivity (Wildman–Crippen MR) is 55.3 cm³/mol. The molecule has 0 unspecified atom stereocenters. The molecule has 1 aliphatic heterocycles. The zero-order valence-corrected chi connectivity index (χ0v) is 8.78. The number of rotatable bonds is 4. The summed E-state index contributed by atoms with van der Waals surface area (Å²) in [4.78, 5) is 0. The first-order valence-electron chi connectivity index (χ1n) is 5.73. The van der Waals surface area contributed by atoms with Crippen molar-refractivity contribution in [2.24, 2.45) is 11.0 Å². The molecule has 0 radical (unpaired) electrons. The molecule has 0 amide bonds. The number of methoxy groups -OCH3 is 1. The molecule has 0 aromatic heterocycles. The molecule has 1 atom stereocenters. The van der Waals surface area contributed by atoms with Crippen LogP contribution < -0.4 is 0 Å². The molecule has 0 N–H and O–H groups in total. The van der Waals surface area contributed by atoms with E-state index in [-0.39, 0.29) is 0 Å². The molecule has 0 saturated heterocycles. The Morgan fingerprint density at radius 1 is 1.36 bits per heavy atom. The van der Waals surface area contributed by atoms with Crippen LogP contribution in [0.4, 0.5) is 0 Å². The second-order valence-corrected chi connectivity index (χ2v) is 4.79. The van der Waals surface area contributed by atoms with E-state index in [1.807, 2.05) is 0 Å². The van der Waals surface area contributed by atoms with Crippen molar-refractivity contribution in [3.8, 4) is 0 Å². The second-order valence-electron chi connectivity index (χ2n) is 4.79. The van der Waals surface area contributed by atoms with Gasteiger partial charge in [0, 0.05) is 25.3 Å². The lowest BCUT2D eigenvalue weighted by molar-refractivity contribution is 0.101. The number of hydrogen-bond acceptors (Lipinski definition) is 3. The van der Waals surface area contributed by atoms with Gasteiger partial charge in [-0.3, -0.25) is 5.01 Å². The number of nitrogens with zero attached hydrogens (tertiary/aromatic N) is 2. The average Bonchev–Trinajstić information content (AvgIpc) is 3.07. The second kappa shape index (κ2) is 3.23. The molecule has 2 aliphatic carbocycles. The minimum atomic E-state index is 0.545. The molecular formula is C11H18N2O. The normalized spacial score (nSPS) is 32.2. The van der Waals surface area contributed by atoms with Crippen LogP contribution in [-0.2, 0) is 4.74 Å². The Morgan fingerprint density at radius 3 is 2.71 bits per heavy atom. The third-order valence-corrected chi connectivity index (χ3v) is 3.39. The average molecular weight is 194 g/mol. The van der Waals surface area contributed by atoms with Crippen molar-refractivity contribution in [2.75, 3.05) is 13.7 Å². The fraction of sp³-hybridized carbons (Fsp3) is 0.909. The molecule has 3 heteroatoms. The van der Waals surface area contributed by atoms with Gasteiger partial charge >= 0.3 is 0 Å². The van der Waals surface area contributed by atoms with E-state index in [2.05, 4.69) is 5.01 Å². The van der Waals surface area contributed by atoms with Gasteiger partial charge in [-0.25, -0.2) is 0 Å². The van der Waals surface area contributed by atoms with Gasteiger partial charge in [-0.05, 0) is 31.6 Å². The summed E-state index contributed by atoms with van der Waals surface area (Å²) in [6.45, 7) is 0.843. The topological polar surface area (TPSA) is 24.8 Å². The van der Waals surface area contributed by atoms with Crippen molar-refractivity contribution in [3.05, 3.63) is 0 Å². The number of ether oxygens (including phenoxy) is 1. The zero-order valence-electron chi connectivity index (χ0n) is 8.78. The van der Waals surface area contributed by atoms with Crippen molar-refractivity contribution in [3.63, 3.8) is 0 Å². The minimum Gasteiger partial charge on any atom is -0.382 e. The molecule has 0 aromatic rings. The summed E-state index contributed by atoms with van der Waals surface area (Å²) in [6.07, 6.45) is 6.58. The Bertz CT molecular complexity index is 256. The Balaban J connectivity index is 1.69. The van der Waals surface area contributed by atoms with Gasteiger partial charge in [-0.1, -0.05) is 0 Å². The Morgan fingerprint density at radius 2 is 2.14 bits per heavy atom. The summed E-state index contributed by atoms with van der Waals surface area (Å²) in [5.74, 6) is 0.832. The smallest absolute Gasteiger partial charge is 0.0760 e. The van der Waals surface area contributed by atoms with E-state index in [4.69, 9.17) is 9.84 Å². The largest absolute Gasteiger partial charge is 0.382 e. The van der Waals surface area contributed by atoms with Gasteiger partial charge in [0.05, 0.1) is 12.6 Å². The molecule has 3 nitrogen and oxygen atoms in total. The summed E-state index contributed by atoms with van der Waals surface area (Å²) < 4.78 is 5.27. The monoisotopic (exact) mass is 194 g/mol. The fourth-order valence-electron chi connectivity index (χ4n) is 2.32. The van der Waals surface area contributed by atoms with Crippen LogP contribution in [-0.4, -0.2) is 36.5 Å². The lowest BCUT2D eigenvalue weighted by Gasteiger charge is -2.22. The summed E-state index contributed by atoms with van der Waals surface area (Å²) in [5.41, 5.74) is 1.46. The molecule has 3 aliphatic rings. The van der Waals surface area contributed by atoms with E-state index in [1.165, 1.54) is 31.4 Å². The SMILES string of the molecule is COC[C@H]1CC(C2CC2)=NN1C1CC1. The minimum absolute atomic E-state index is 0.545. The molecule has 0 spiro atoms. The molecule has 3 rings (SSSR count). The van der Waals surface area contributed by atoms with Crippen molar-refractivity contribution in [2.45, 2.75) is 44.2 Å². The highest BCUT2D eigenvalue weighted by Crippen LogP contribution is 2.39. The first-order chi connectivity index (χ1) is 6.88. The molecule has 2 saturated carbocycles. The Hall–Kier alpha value is -0.570. The lowest BCUT2D eigenvalue weighted by atomic mass is 10.1. The Kier molecular flexibility index (Phi) is 2.01. The van der Waals surface area contributed by atoms with E-state index in [9.17, 15) is 0 Å². The van der Waals surface area contributed by atoms with Crippen molar-refractivity contribution >= 4 is 5.71 Å². The van der Waals surface area contributed by atoms with Crippen LogP contribution in [0.2, 0.25) is 0 Å². The van der Waals surface area contributed by atoms with E-state index in [0.29, 0.717) is 6.04 Å². The maximum atomic E-state index is 5.27. The third-order valence-electron chi connectivity index (χ3n) is 3.39. The summed E-state index contributed by atoms with van der Waals surface area (Å²) in [7, 11) is 1.79. The highest BCUT2D eigenvalue weighted by atomic mass is 16.5. The quantitative estimate of drug-likeness (QED) is 0.679. The molecule has 1 heterocycles. The van der Waals surface area contributed by atoms with Crippen molar-refractivity contribution < 1.29 is 4.74 Å². The van der Waals surface area contributed by atoms with Crippen LogP contribution in [0.25, 0.3) is 0 Å². The van der Waals surface area contributed by atoms with Gasteiger partial charge in [0.2, 0.25) is 0 Å². The number of hydrogen-bond donors (Lipinski definition) is 0. The first-order valence-corrected chi connectivity index (χ1v) is 5.73. The van der Waals surface area contributed by atoms with Gasteiger partial charge in [0.15, 0.2) is 0 Å². The van der Waals surface area contributed by atoms with Crippen LogP contribution in [0.3, 0.4) is 0 Å². The van der Waals surface area contributed by atoms with Crippen molar-refractivity contribution in [1.29, 1.82) is 0 Å². The molecule has 0 aromatic carbocycles. The van der Waals surface area contributed by atoms with E-state index < -0.39 is 0 Å². The standard InChI is InChI=1S/C11H18N2O/c1-14-7-10-6-11(8-2-3-8)12-13(10)9-4-5-9/h8-10H,2-7H2,1H3/t10-/m1/s1. The molecule has 0 bridgehead atoms. The third kappa shape index (κ3) is 1.54. The van der Waals surface area contributed by atoms with E-state index >= 15 is 0 Å². The zero-order chi connectivity index (χ0) is 9.54. The molecular weight excluding hydrogens is 176 g/mol. The van der Waals surface area contributed by atoms with Gasteiger partial charge in [0.1, 0.15) is 0 Å². The van der Waals surface area contributed by atoms with Gasteiger partial charge < -0.3 is 4.74 Å². The molecule has 78 valence electrons. The summed E-state index contributed by atoms with van der Waals surface area (Å²) in [6, 6.07) is 1.29. The maximum absolute atomic E-state index is 5.27. The molecule has 2 fully saturated rings.